The van der Waals surface area contributed by atoms with Gasteiger partial charge in [0.05, 0.1) is 6.61 Å². The van der Waals surface area contributed by atoms with Crippen LogP contribution in [0.25, 0.3) is 0 Å². The van der Waals surface area contributed by atoms with Crippen LogP contribution in [0.15, 0.2) is 0 Å². The van der Waals surface area contributed by atoms with Crippen molar-refractivity contribution in [2.24, 2.45) is 0 Å². The zero-order valence-corrected chi connectivity index (χ0v) is 4.66. The lowest BCUT2D eigenvalue weighted by Crippen LogP contribution is -2.20. The van der Waals surface area contributed by atoms with Crippen molar-refractivity contribution in [2.75, 3.05) is 13.2 Å². The van der Waals surface area contributed by atoms with Gasteiger partial charge in [-0.2, -0.15) is 13.2 Å². The highest BCUT2D eigenvalue weighted by molar-refractivity contribution is 5.00. The van der Waals surface area contributed by atoms with Crippen molar-refractivity contribution >= 4 is 0 Å². The van der Waals surface area contributed by atoms with Gasteiger partial charge >= 0.3 is 6.18 Å². The van der Waals surface area contributed by atoms with Gasteiger partial charge in [0, 0.05) is 6.61 Å². The van der Waals surface area contributed by atoms with Crippen molar-refractivity contribution in [3.63, 3.8) is 0 Å². The first kappa shape index (κ1) is 6.86. The summed E-state index contributed by atoms with van der Waals surface area (Å²) >= 11 is 0. The largest absolute Gasteiger partial charge is 0.397 e. The van der Waals surface area contributed by atoms with Crippen LogP contribution in [0, 0.1) is 5.92 Å². The number of hydrogen-bond acceptors (Lipinski definition) is 1. The molecular formula is C5H6F3O. The lowest BCUT2D eigenvalue weighted by Gasteiger charge is -2.09. The molecule has 0 atom stereocenters. The van der Waals surface area contributed by atoms with E-state index in [0.717, 1.165) is 0 Å². The Morgan fingerprint density at radius 1 is 1.33 bits per heavy atom. The van der Waals surface area contributed by atoms with E-state index >= 15 is 0 Å². The van der Waals surface area contributed by atoms with Crippen molar-refractivity contribution in [2.45, 2.75) is 12.6 Å². The van der Waals surface area contributed by atoms with Crippen molar-refractivity contribution in [1.29, 1.82) is 0 Å². The van der Waals surface area contributed by atoms with E-state index < -0.39 is 12.1 Å². The van der Waals surface area contributed by atoms with Crippen molar-refractivity contribution in [3.05, 3.63) is 5.92 Å². The molecule has 0 aromatic heterocycles. The van der Waals surface area contributed by atoms with E-state index in [0.29, 0.717) is 0 Å². The maximum absolute atomic E-state index is 11.6. The molecule has 0 saturated carbocycles. The number of halogens is 3. The maximum Gasteiger partial charge on any atom is 0.397 e. The molecule has 53 valence electrons. The van der Waals surface area contributed by atoms with Crippen molar-refractivity contribution in [3.8, 4) is 0 Å². The van der Waals surface area contributed by atoms with Gasteiger partial charge < -0.3 is 4.74 Å². The fraction of sp³-hybridized carbons (Fsp3) is 0.800. The Morgan fingerprint density at radius 3 is 2.22 bits per heavy atom. The van der Waals surface area contributed by atoms with E-state index in [1.807, 2.05) is 0 Å². The molecule has 1 rings (SSSR count). The molecule has 0 aromatic rings. The lowest BCUT2D eigenvalue weighted by atomic mass is 10.1. The van der Waals surface area contributed by atoms with E-state index in [1.54, 1.807) is 0 Å². The molecule has 1 aliphatic heterocycles. The SMILES string of the molecule is FC(F)(F)[C]1CCOC1. The van der Waals surface area contributed by atoms with Gasteiger partial charge in [-0.15, -0.1) is 0 Å². The number of ether oxygens (including phenoxy) is 1. The molecule has 0 unspecified atom stereocenters. The van der Waals surface area contributed by atoms with E-state index in [2.05, 4.69) is 4.74 Å². The predicted molar refractivity (Wildman–Crippen MR) is 24.7 cm³/mol. The van der Waals surface area contributed by atoms with Crippen LogP contribution in [-0.4, -0.2) is 19.4 Å². The molecule has 0 amide bonds. The molecule has 0 aromatic carbocycles. The van der Waals surface area contributed by atoms with Crippen LogP contribution >= 0.6 is 0 Å². The summed E-state index contributed by atoms with van der Waals surface area (Å²) in [4.78, 5) is 0. The third-order valence-electron chi connectivity index (χ3n) is 1.23. The first-order valence-corrected chi connectivity index (χ1v) is 2.60. The molecule has 1 heterocycles. The fourth-order valence-electron chi connectivity index (χ4n) is 0.686. The second-order valence-electron chi connectivity index (χ2n) is 1.90. The number of hydrogen-bond donors (Lipinski definition) is 0. The molecule has 0 N–H and O–H groups in total. The highest BCUT2D eigenvalue weighted by Crippen LogP contribution is 2.33. The molecule has 4 heteroatoms. The summed E-state index contributed by atoms with van der Waals surface area (Å²) in [5.74, 6) is -0.442. The van der Waals surface area contributed by atoms with E-state index in [4.69, 9.17) is 0 Å². The molecule has 9 heavy (non-hydrogen) atoms. The van der Waals surface area contributed by atoms with Gasteiger partial charge in [-0.25, -0.2) is 0 Å². The third-order valence-corrected chi connectivity index (χ3v) is 1.23. The van der Waals surface area contributed by atoms with Gasteiger partial charge in [0.1, 0.15) is 5.92 Å². The van der Waals surface area contributed by atoms with Gasteiger partial charge in [-0.05, 0) is 6.42 Å². The van der Waals surface area contributed by atoms with Crippen LogP contribution in [0.3, 0.4) is 0 Å². The van der Waals surface area contributed by atoms with Gasteiger partial charge in [-0.1, -0.05) is 0 Å². The second kappa shape index (κ2) is 2.17. The second-order valence-corrected chi connectivity index (χ2v) is 1.90. The Labute approximate surface area is 50.8 Å². The molecule has 0 bridgehead atoms. The average molecular weight is 139 g/mol. The zero-order valence-electron chi connectivity index (χ0n) is 4.66. The minimum absolute atomic E-state index is 0.0451. The quantitative estimate of drug-likeness (QED) is 0.494. The van der Waals surface area contributed by atoms with Crippen molar-refractivity contribution < 1.29 is 17.9 Å². The minimum Gasteiger partial charge on any atom is -0.380 e. The summed E-state index contributed by atoms with van der Waals surface area (Å²) in [7, 11) is 0. The summed E-state index contributed by atoms with van der Waals surface area (Å²) < 4.78 is 39.5. The van der Waals surface area contributed by atoms with Crippen LogP contribution < -0.4 is 0 Å². The number of alkyl halides is 3. The van der Waals surface area contributed by atoms with Crippen molar-refractivity contribution in [1.82, 2.24) is 0 Å². The highest BCUT2D eigenvalue weighted by Gasteiger charge is 2.42. The molecule has 1 radical (unpaired) electrons. The summed E-state index contributed by atoms with van der Waals surface area (Å²) in [6.45, 7) is -0.0155. The molecule has 0 aliphatic carbocycles. The normalized spacial score (nSPS) is 23.0. The van der Waals surface area contributed by atoms with Gasteiger partial charge in [0.15, 0.2) is 0 Å². The molecule has 1 aliphatic rings. The van der Waals surface area contributed by atoms with E-state index in [-0.39, 0.29) is 19.6 Å². The minimum atomic E-state index is -4.13. The Kier molecular flexibility index (Phi) is 1.66. The monoisotopic (exact) mass is 139 g/mol. The first-order chi connectivity index (χ1) is 4.11. The average Bonchev–Trinajstić information content (AvgIpc) is 2.08. The van der Waals surface area contributed by atoms with Crippen LogP contribution in [0.2, 0.25) is 0 Å². The molecule has 1 fully saturated rings. The zero-order chi connectivity index (χ0) is 6.91. The predicted octanol–water partition coefficient (Wildman–Crippen LogP) is 1.54. The Morgan fingerprint density at radius 2 is 2.00 bits per heavy atom. The summed E-state index contributed by atoms with van der Waals surface area (Å²) in [5.41, 5.74) is 0. The molecular weight excluding hydrogens is 133 g/mol. The Hall–Kier alpha value is -0.250. The Balaban J connectivity index is 2.42. The third kappa shape index (κ3) is 1.58. The van der Waals surface area contributed by atoms with E-state index in [1.165, 1.54) is 0 Å². The van der Waals surface area contributed by atoms with Gasteiger partial charge in [0.2, 0.25) is 0 Å². The summed E-state index contributed by atoms with van der Waals surface area (Å²) in [5, 5.41) is 0. The standard InChI is InChI=1S/C5H6F3O/c6-5(7,8)4-1-2-9-3-4/h1-3H2. The highest BCUT2D eigenvalue weighted by atomic mass is 19.4. The van der Waals surface area contributed by atoms with E-state index in [9.17, 15) is 13.2 Å². The van der Waals surface area contributed by atoms with Gasteiger partial charge in [-0.3, -0.25) is 0 Å². The Bertz CT molecular complexity index is 92.9. The number of rotatable bonds is 0. The topological polar surface area (TPSA) is 9.23 Å². The summed E-state index contributed by atoms with van der Waals surface area (Å²) in [6.07, 6.45) is -4.08. The van der Waals surface area contributed by atoms with Crippen LogP contribution in [0.4, 0.5) is 13.2 Å². The maximum atomic E-state index is 11.6. The smallest absolute Gasteiger partial charge is 0.380 e. The first-order valence-electron chi connectivity index (χ1n) is 2.60. The van der Waals surface area contributed by atoms with Crippen LogP contribution in [0.1, 0.15) is 6.42 Å². The van der Waals surface area contributed by atoms with Crippen LogP contribution in [0.5, 0.6) is 0 Å². The lowest BCUT2D eigenvalue weighted by molar-refractivity contribution is -0.116. The van der Waals surface area contributed by atoms with Gasteiger partial charge in [0.25, 0.3) is 0 Å². The molecule has 0 spiro atoms. The fourth-order valence-corrected chi connectivity index (χ4v) is 0.686. The molecule has 1 nitrogen and oxygen atoms in total. The summed E-state index contributed by atoms with van der Waals surface area (Å²) in [6, 6.07) is 0. The van der Waals surface area contributed by atoms with Crippen LogP contribution in [-0.2, 0) is 4.74 Å². The molecule has 1 saturated heterocycles.